The lowest BCUT2D eigenvalue weighted by atomic mass is 10.0. The molecule has 0 fully saturated rings. The molecule has 0 aliphatic rings. The number of aliphatic hydroxyl groups is 1. The van der Waals surface area contributed by atoms with Crippen molar-refractivity contribution in [2.45, 2.75) is 33.3 Å². The minimum Gasteiger partial charge on any atom is -0.391 e. The number of likely N-dealkylation sites (N-methyl/N-ethyl adjacent to an activating group) is 1. The molecule has 1 atom stereocenters. The van der Waals surface area contributed by atoms with Crippen molar-refractivity contribution < 1.29 is 5.11 Å². The van der Waals surface area contributed by atoms with E-state index >= 15 is 0 Å². The smallest absolute Gasteiger partial charge is 0.0704 e. The molecule has 1 unspecified atom stereocenters. The number of benzene rings is 1. The Morgan fingerprint density at radius 3 is 2.60 bits per heavy atom. The molecule has 1 aromatic carbocycles. The molecule has 0 heterocycles. The summed E-state index contributed by atoms with van der Waals surface area (Å²) in [6.45, 7) is 7.83. The number of aryl methyl sites for hydroxylation is 2. The Labute approximate surface area is 92.3 Å². The van der Waals surface area contributed by atoms with E-state index in [9.17, 15) is 5.11 Å². The van der Waals surface area contributed by atoms with Gasteiger partial charge in [0, 0.05) is 6.54 Å². The maximum absolute atomic E-state index is 9.73. The largest absolute Gasteiger partial charge is 0.391 e. The lowest BCUT2D eigenvalue weighted by molar-refractivity contribution is 0.172. The Balaban J connectivity index is 2.53. The average Bonchev–Trinajstić information content (AvgIpc) is 2.20. The van der Waals surface area contributed by atoms with Crippen LogP contribution in [0.15, 0.2) is 18.2 Å². The first kappa shape index (κ1) is 12.2. The third kappa shape index (κ3) is 4.02. The standard InChI is InChI=1S/C13H21NO/c1-4-14-9-13(15)8-12-6-5-10(2)11(3)7-12/h5-7,13-15H,4,8-9H2,1-3H3. The highest BCUT2D eigenvalue weighted by molar-refractivity contribution is 5.30. The minimum absolute atomic E-state index is 0.285. The molecule has 1 aromatic rings. The highest BCUT2D eigenvalue weighted by Crippen LogP contribution is 2.11. The van der Waals surface area contributed by atoms with E-state index in [1.54, 1.807) is 0 Å². The number of nitrogens with one attached hydrogen (secondary N) is 1. The van der Waals surface area contributed by atoms with Crippen molar-refractivity contribution in [3.05, 3.63) is 34.9 Å². The molecule has 15 heavy (non-hydrogen) atoms. The van der Waals surface area contributed by atoms with Crippen molar-refractivity contribution in [2.75, 3.05) is 13.1 Å². The van der Waals surface area contributed by atoms with Crippen LogP contribution in [0, 0.1) is 13.8 Å². The van der Waals surface area contributed by atoms with Crippen molar-refractivity contribution in [1.82, 2.24) is 5.32 Å². The van der Waals surface area contributed by atoms with Gasteiger partial charge in [-0.25, -0.2) is 0 Å². The number of rotatable bonds is 5. The molecular weight excluding hydrogens is 186 g/mol. The van der Waals surface area contributed by atoms with Crippen LogP contribution in [0.5, 0.6) is 0 Å². The second-order valence-electron chi connectivity index (χ2n) is 4.08. The topological polar surface area (TPSA) is 32.3 Å². The average molecular weight is 207 g/mol. The fourth-order valence-corrected chi connectivity index (χ4v) is 1.59. The highest BCUT2D eigenvalue weighted by Gasteiger charge is 2.05. The van der Waals surface area contributed by atoms with Gasteiger partial charge in [-0.3, -0.25) is 0 Å². The molecule has 1 rings (SSSR count). The Bertz CT molecular complexity index is 309. The Morgan fingerprint density at radius 2 is 2.00 bits per heavy atom. The zero-order valence-corrected chi connectivity index (χ0v) is 9.88. The summed E-state index contributed by atoms with van der Waals surface area (Å²) >= 11 is 0. The molecule has 0 amide bonds. The molecule has 0 radical (unpaired) electrons. The Hall–Kier alpha value is -0.860. The predicted octanol–water partition coefficient (Wildman–Crippen LogP) is 1.82. The van der Waals surface area contributed by atoms with Gasteiger partial charge in [-0.1, -0.05) is 25.1 Å². The van der Waals surface area contributed by atoms with Gasteiger partial charge in [-0.15, -0.1) is 0 Å². The Morgan fingerprint density at radius 1 is 1.27 bits per heavy atom. The van der Waals surface area contributed by atoms with Gasteiger partial charge in [-0.2, -0.15) is 0 Å². The quantitative estimate of drug-likeness (QED) is 0.772. The van der Waals surface area contributed by atoms with Crippen LogP contribution in [0.1, 0.15) is 23.6 Å². The second-order valence-corrected chi connectivity index (χ2v) is 4.08. The summed E-state index contributed by atoms with van der Waals surface area (Å²) in [4.78, 5) is 0. The molecule has 0 bridgehead atoms. The molecule has 0 aromatic heterocycles. The fraction of sp³-hybridized carbons (Fsp3) is 0.538. The van der Waals surface area contributed by atoms with Gasteiger partial charge in [0.25, 0.3) is 0 Å². The molecule has 2 nitrogen and oxygen atoms in total. The van der Waals surface area contributed by atoms with Gasteiger partial charge >= 0.3 is 0 Å². The molecular formula is C13H21NO. The zero-order valence-electron chi connectivity index (χ0n) is 9.88. The first-order chi connectivity index (χ1) is 7.13. The maximum atomic E-state index is 9.73. The van der Waals surface area contributed by atoms with Crippen LogP contribution in [-0.2, 0) is 6.42 Å². The molecule has 0 aliphatic heterocycles. The van der Waals surface area contributed by atoms with Gasteiger partial charge < -0.3 is 10.4 Å². The van der Waals surface area contributed by atoms with E-state index in [1.807, 2.05) is 6.92 Å². The summed E-state index contributed by atoms with van der Waals surface area (Å²) < 4.78 is 0. The first-order valence-corrected chi connectivity index (χ1v) is 5.58. The molecule has 0 aliphatic carbocycles. The molecule has 84 valence electrons. The van der Waals surface area contributed by atoms with Crippen LogP contribution in [0.4, 0.5) is 0 Å². The monoisotopic (exact) mass is 207 g/mol. The first-order valence-electron chi connectivity index (χ1n) is 5.58. The van der Waals surface area contributed by atoms with Crippen LogP contribution in [-0.4, -0.2) is 24.3 Å². The van der Waals surface area contributed by atoms with Gasteiger partial charge in [0.05, 0.1) is 6.10 Å². The summed E-state index contributed by atoms with van der Waals surface area (Å²) in [7, 11) is 0. The van der Waals surface area contributed by atoms with Crippen molar-refractivity contribution in [3.63, 3.8) is 0 Å². The van der Waals surface area contributed by atoms with E-state index in [1.165, 1.54) is 16.7 Å². The van der Waals surface area contributed by atoms with Gasteiger partial charge in [0.2, 0.25) is 0 Å². The second kappa shape index (κ2) is 5.89. The molecule has 2 heteroatoms. The molecule has 0 saturated carbocycles. The normalized spacial score (nSPS) is 12.8. The van der Waals surface area contributed by atoms with Gasteiger partial charge in [0.15, 0.2) is 0 Å². The number of hydrogen-bond donors (Lipinski definition) is 2. The van der Waals surface area contributed by atoms with Crippen LogP contribution >= 0.6 is 0 Å². The van der Waals surface area contributed by atoms with E-state index in [0.29, 0.717) is 6.54 Å². The summed E-state index contributed by atoms with van der Waals surface area (Å²) in [6.07, 6.45) is 0.445. The SMILES string of the molecule is CCNCC(O)Cc1ccc(C)c(C)c1. The van der Waals surface area contributed by atoms with Gasteiger partial charge in [0.1, 0.15) is 0 Å². The third-order valence-electron chi connectivity index (χ3n) is 2.67. The van der Waals surface area contributed by atoms with E-state index < -0.39 is 0 Å². The minimum atomic E-state index is -0.285. The highest BCUT2D eigenvalue weighted by atomic mass is 16.3. The predicted molar refractivity (Wildman–Crippen MR) is 64.2 cm³/mol. The molecule has 0 spiro atoms. The molecule has 2 N–H and O–H groups in total. The van der Waals surface area contributed by atoms with Crippen molar-refractivity contribution in [1.29, 1.82) is 0 Å². The van der Waals surface area contributed by atoms with Crippen molar-refractivity contribution in [2.24, 2.45) is 0 Å². The number of hydrogen-bond acceptors (Lipinski definition) is 2. The number of aliphatic hydroxyl groups excluding tert-OH is 1. The van der Waals surface area contributed by atoms with E-state index in [2.05, 4.69) is 37.4 Å². The van der Waals surface area contributed by atoms with Crippen LogP contribution < -0.4 is 5.32 Å². The summed E-state index contributed by atoms with van der Waals surface area (Å²) in [6, 6.07) is 6.37. The van der Waals surface area contributed by atoms with Gasteiger partial charge in [-0.05, 0) is 43.5 Å². The Kier molecular flexibility index (Phi) is 4.79. The van der Waals surface area contributed by atoms with Crippen molar-refractivity contribution in [3.8, 4) is 0 Å². The maximum Gasteiger partial charge on any atom is 0.0704 e. The summed E-state index contributed by atoms with van der Waals surface area (Å²) in [5, 5.41) is 12.9. The van der Waals surface area contributed by atoms with E-state index in [0.717, 1.165) is 13.0 Å². The summed E-state index contributed by atoms with van der Waals surface area (Å²) in [5.41, 5.74) is 3.81. The third-order valence-corrected chi connectivity index (χ3v) is 2.67. The fourth-order valence-electron chi connectivity index (χ4n) is 1.59. The van der Waals surface area contributed by atoms with Crippen LogP contribution in [0.3, 0.4) is 0 Å². The van der Waals surface area contributed by atoms with Crippen LogP contribution in [0.2, 0.25) is 0 Å². The van der Waals surface area contributed by atoms with Crippen LogP contribution in [0.25, 0.3) is 0 Å². The van der Waals surface area contributed by atoms with E-state index in [4.69, 9.17) is 0 Å². The lowest BCUT2D eigenvalue weighted by Gasteiger charge is -2.12. The summed E-state index contributed by atoms with van der Waals surface area (Å²) in [5.74, 6) is 0. The zero-order chi connectivity index (χ0) is 11.3. The van der Waals surface area contributed by atoms with Crippen molar-refractivity contribution >= 4 is 0 Å². The van der Waals surface area contributed by atoms with E-state index in [-0.39, 0.29) is 6.10 Å². The lowest BCUT2D eigenvalue weighted by Crippen LogP contribution is -2.28. The molecule has 0 saturated heterocycles.